The Balaban J connectivity index is 1.57. The van der Waals surface area contributed by atoms with Crippen LogP contribution in [-0.2, 0) is 12.8 Å². The minimum atomic E-state index is -4.92. The zero-order valence-electron chi connectivity index (χ0n) is 19.5. The van der Waals surface area contributed by atoms with E-state index in [1.807, 2.05) is 19.9 Å². The molecule has 3 aromatic carbocycles. The number of ether oxygens (including phenoxy) is 1. The standard InChI is InChI=1S/C28H18ClF3O5/c1-14-9-15(2)24-17(11-23(33)36-22(24)10-14)13-35-19-7-8-20-21(12-19)37-27(28(30,31)32)25(26(20)34)16-3-5-18(29)6-4-16/h3-12H,13H2,1-2H3. The van der Waals surface area contributed by atoms with Crippen molar-refractivity contribution in [3.05, 3.63) is 109 Å². The van der Waals surface area contributed by atoms with Gasteiger partial charge in [0.25, 0.3) is 0 Å². The molecular weight excluding hydrogens is 509 g/mol. The normalized spacial score (nSPS) is 11.8. The summed E-state index contributed by atoms with van der Waals surface area (Å²) in [6.07, 6.45) is -4.92. The number of hydrogen-bond acceptors (Lipinski definition) is 5. The van der Waals surface area contributed by atoms with Gasteiger partial charge in [-0.1, -0.05) is 29.8 Å². The van der Waals surface area contributed by atoms with Crippen LogP contribution in [0.4, 0.5) is 13.2 Å². The van der Waals surface area contributed by atoms with E-state index >= 15 is 0 Å². The summed E-state index contributed by atoms with van der Waals surface area (Å²) in [5.74, 6) is -1.25. The molecule has 0 N–H and O–H groups in total. The van der Waals surface area contributed by atoms with Crippen molar-refractivity contribution in [2.45, 2.75) is 26.6 Å². The third-order valence-corrected chi connectivity index (χ3v) is 6.17. The van der Waals surface area contributed by atoms with Gasteiger partial charge in [0.05, 0.1) is 10.9 Å². The number of halogens is 4. The summed E-state index contributed by atoms with van der Waals surface area (Å²) in [7, 11) is 0. The molecule has 9 heteroatoms. The Kier molecular flexibility index (Phi) is 6.07. The van der Waals surface area contributed by atoms with Crippen molar-refractivity contribution >= 4 is 33.5 Å². The van der Waals surface area contributed by atoms with Gasteiger partial charge in [-0.25, -0.2) is 4.79 Å². The summed E-state index contributed by atoms with van der Waals surface area (Å²) in [4.78, 5) is 25.2. The van der Waals surface area contributed by atoms with Gasteiger partial charge in [-0.15, -0.1) is 0 Å². The SMILES string of the molecule is Cc1cc(C)c2c(COc3ccc4c(=O)c(-c5ccc(Cl)cc5)c(C(F)(F)F)oc4c3)cc(=O)oc2c1. The molecule has 37 heavy (non-hydrogen) atoms. The topological polar surface area (TPSA) is 69.7 Å². The first kappa shape index (κ1) is 24.6. The molecule has 5 aromatic rings. The summed E-state index contributed by atoms with van der Waals surface area (Å²) in [6, 6.07) is 14.5. The maximum atomic E-state index is 13.9. The van der Waals surface area contributed by atoms with Crippen LogP contribution in [0.3, 0.4) is 0 Å². The first-order valence-electron chi connectivity index (χ1n) is 11.1. The second kappa shape index (κ2) is 9.12. The van der Waals surface area contributed by atoms with Crippen LogP contribution in [0.2, 0.25) is 5.02 Å². The molecule has 0 atom stereocenters. The van der Waals surface area contributed by atoms with Gasteiger partial charge < -0.3 is 13.6 Å². The van der Waals surface area contributed by atoms with Gasteiger partial charge in [-0.3, -0.25) is 4.79 Å². The molecule has 0 aliphatic rings. The average molecular weight is 527 g/mol. The average Bonchev–Trinajstić information content (AvgIpc) is 2.82. The first-order chi connectivity index (χ1) is 17.5. The van der Waals surface area contributed by atoms with Crippen molar-refractivity contribution in [3.63, 3.8) is 0 Å². The van der Waals surface area contributed by atoms with E-state index in [0.717, 1.165) is 11.1 Å². The van der Waals surface area contributed by atoms with Gasteiger partial charge >= 0.3 is 11.8 Å². The molecule has 0 saturated carbocycles. The van der Waals surface area contributed by atoms with E-state index in [2.05, 4.69) is 0 Å². The lowest BCUT2D eigenvalue weighted by molar-refractivity contribution is -0.152. The molecule has 0 aliphatic heterocycles. The van der Waals surface area contributed by atoms with E-state index in [1.54, 1.807) is 6.07 Å². The van der Waals surface area contributed by atoms with Crippen LogP contribution < -0.4 is 15.8 Å². The lowest BCUT2D eigenvalue weighted by Crippen LogP contribution is -2.16. The van der Waals surface area contributed by atoms with Crippen LogP contribution in [-0.4, -0.2) is 0 Å². The molecule has 0 amide bonds. The molecule has 0 radical (unpaired) electrons. The first-order valence-corrected chi connectivity index (χ1v) is 11.5. The Morgan fingerprint density at radius 3 is 2.32 bits per heavy atom. The number of aryl methyl sites for hydroxylation is 2. The van der Waals surface area contributed by atoms with Crippen molar-refractivity contribution < 1.29 is 26.7 Å². The maximum Gasteiger partial charge on any atom is 0.450 e. The van der Waals surface area contributed by atoms with Crippen molar-refractivity contribution in [2.75, 3.05) is 0 Å². The Hall–Kier alpha value is -4.04. The predicted molar refractivity (Wildman–Crippen MR) is 134 cm³/mol. The van der Waals surface area contributed by atoms with Gasteiger partial charge in [-0.05, 0) is 60.9 Å². The van der Waals surface area contributed by atoms with Crippen molar-refractivity contribution in [1.82, 2.24) is 0 Å². The van der Waals surface area contributed by atoms with Crippen LogP contribution in [0.1, 0.15) is 22.5 Å². The van der Waals surface area contributed by atoms with E-state index in [9.17, 15) is 22.8 Å². The number of rotatable bonds is 4. The third-order valence-electron chi connectivity index (χ3n) is 5.92. The lowest BCUT2D eigenvalue weighted by Gasteiger charge is -2.14. The van der Waals surface area contributed by atoms with E-state index in [1.165, 1.54) is 48.5 Å². The highest BCUT2D eigenvalue weighted by Gasteiger charge is 2.39. The number of alkyl halides is 3. The van der Waals surface area contributed by atoms with E-state index < -0.39 is 28.6 Å². The molecule has 5 rings (SSSR count). The van der Waals surface area contributed by atoms with Crippen molar-refractivity contribution in [2.24, 2.45) is 0 Å². The Labute approximate surface area is 212 Å². The zero-order chi connectivity index (χ0) is 26.5. The zero-order valence-corrected chi connectivity index (χ0v) is 20.3. The quantitative estimate of drug-likeness (QED) is 0.228. The van der Waals surface area contributed by atoms with Gasteiger partial charge in [0.15, 0.2) is 0 Å². The molecule has 0 unspecified atom stereocenters. The van der Waals surface area contributed by atoms with Crippen LogP contribution >= 0.6 is 11.6 Å². The smallest absolute Gasteiger partial charge is 0.450 e. The Morgan fingerprint density at radius 2 is 1.62 bits per heavy atom. The van der Waals surface area contributed by atoms with Crippen molar-refractivity contribution in [3.8, 4) is 16.9 Å². The maximum absolute atomic E-state index is 13.9. The van der Waals surface area contributed by atoms with Gasteiger partial charge in [0.2, 0.25) is 11.2 Å². The summed E-state index contributed by atoms with van der Waals surface area (Å²) < 4.78 is 58.1. The Bertz CT molecular complexity index is 1780. The monoisotopic (exact) mass is 526 g/mol. The van der Waals surface area contributed by atoms with Crippen LogP contribution in [0.5, 0.6) is 5.75 Å². The lowest BCUT2D eigenvalue weighted by atomic mass is 10.0. The van der Waals surface area contributed by atoms with E-state index in [-0.39, 0.29) is 28.9 Å². The van der Waals surface area contributed by atoms with Gasteiger partial charge in [-0.2, -0.15) is 13.2 Å². The fourth-order valence-corrected chi connectivity index (χ4v) is 4.52. The minimum Gasteiger partial charge on any atom is -0.489 e. The Morgan fingerprint density at radius 1 is 0.892 bits per heavy atom. The van der Waals surface area contributed by atoms with E-state index in [4.69, 9.17) is 25.2 Å². The second-order valence-corrected chi connectivity index (χ2v) is 9.07. The summed E-state index contributed by atoms with van der Waals surface area (Å²) in [5, 5.41) is 0.991. The summed E-state index contributed by atoms with van der Waals surface area (Å²) >= 11 is 5.85. The fourth-order valence-electron chi connectivity index (χ4n) is 4.39. The molecule has 0 spiro atoms. The molecule has 2 heterocycles. The predicted octanol–water partition coefficient (Wildman–Crippen LogP) is 7.43. The third kappa shape index (κ3) is 4.72. The molecular formula is C28H18ClF3O5. The van der Waals surface area contributed by atoms with Crippen LogP contribution in [0, 0.1) is 13.8 Å². The molecule has 0 saturated heterocycles. The summed E-state index contributed by atoms with van der Waals surface area (Å²) in [6.45, 7) is 3.70. The van der Waals surface area contributed by atoms with Gasteiger partial charge in [0.1, 0.15) is 23.5 Å². The van der Waals surface area contributed by atoms with Crippen LogP contribution in [0.25, 0.3) is 33.1 Å². The molecule has 2 aromatic heterocycles. The van der Waals surface area contributed by atoms with Gasteiger partial charge in [0, 0.05) is 28.1 Å². The summed E-state index contributed by atoms with van der Waals surface area (Å²) in [5.41, 5.74) is 0.548. The molecule has 5 nitrogen and oxygen atoms in total. The highest BCUT2D eigenvalue weighted by molar-refractivity contribution is 6.30. The van der Waals surface area contributed by atoms with Crippen LogP contribution in [0.15, 0.2) is 79.1 Å². The number of benzene rings is 3. The van der Waals surface area contributed by atoms with Crippen molar-refractivity contribution in [1.29, 1.82) is 0 Å². The largest absolute Gasteiger partial charge is 0.489 e. The number of fused-ring (bicyclic) bond motifs is 2. The number of hydrogen-bond donors (Lipinski definition) is 0. The molecule has 0 aliphatic carbocycles. The fraction of sp³-hybridized carbons (Fsp3) is 0.143. The molecule has 0 fully saturated rings. The van der Waals surface area contributed by atoms with E-state index in [0.29, 0.717) is 21.6 Å². The highest BCUT2D eigenvalue weighted by Crippen LogP contribution is 2.38. The molecule has 188 valence electrons. The molecule has 0 bridgehead atoms. The second-order valence-electron chi connectivity index (χ2n) is 8.63. The highest BCUT2D eigenvalue weighted by atomic mass is 35.5. The minimum absolute atomic E-state index is 0.0353.